The number of imidazole rings is 1. The molecule has 0 aliphatic carbocycles. The Morgan fingerprint density at radius 3 is 2.56 bits per heavy atom. The molecule has 0 atom stereocenters. The molecule has 1 aromatic carbocycles. The number of hydrogen-bond acceptors (Lipinski definition) is 4. The van der Waals surface area contributed by atoms with E-state index in [9.17, 15) is 4.79 Å². The van der Waals surface area contributed by atoms with Crippen LogP contribution in [0.15, 0.2) is 30.5 Å². The fourth-order valence-corrected chi connectivity index (χ4v) is 2.91. The highest BCUT2D eigenvalue weighted by atomic mass is 35.5. The van der Waals surface area contributed by atoms with Crippen LogP contribution in [0.5, 0.6) is 11.5 Å². The lowest BCUT2D eigenvalue weighted by Crippen LogP contribution is -2.16. The molecule has 0 aliphatic heterocycles. The largest absolute Gasteiger partial charge is 0.495 e. The van der Waals surface area contributed by atoms with Crippen LogP contribution >= 0.6 is 11.6 Å². The molecular formula is C18H18ClN3O3. The minimum Gasteiger partial charge on any atom is -0.495 e. The predicted octanol–water partition coefficient (Wildman–Crippen LogP) is 3.87. The Bertz CT molecular complexity index is 966. The summed E-state index contributed by atoms with van der Waals surface area (Å²) in [5.41, 5.74) is 3.38. The smallest absolute Gasteiger partial charge is 0.274 e. The van der Waals surface area contributed by atoms with Crippen molar-refractivity contribution in [2.75, 3.05) is 19.5 Å². The number of carbonyl (C=O) groups is 1. The lowest BCUT2D eigenvalue weighted by atomic mass is 10.2. The van der Waals surface area contributed by atoms with Crippen molar-refractivity contribution in [3.63, 3.8) is 0 Å². The normalized spacial score (nSPS) is 10.8. The van der Waals surface area contributed by atoms with E-state index in [4.69, 9.17) is 21.1 Å². The predicted molar refractivity (Wildman–Crippen MR) is 97.2 cm³/mol. The van der Waals surface area contributed by atoms with E-state index >= 15 is 0 Å². The number of aromatic nitrogens is 2. The van der Waals surface area contributed by atoms with Crippen molar-refractivity contribution >= 4 is 28.8 Å². The molecule has 0 spiro atoms. The minimum atomic E-state index is -0.295. The summed E-state index contributed by atoms with van der Waals surface area (Å²) in [7, 11) is 3.02. The van der Waals surface area contributed by atoms with Crippen molar-refractivity contribution in [3.05, 3.63) is 52.4 Å². The second kappa shape index (κ2) is 6.64. The van der Waals surface area contributed by atoms with Crippen molar-refractivity contribution in [1.29, 1.82) is 0 Å². The molecule has 1 amide bonds. The fourth-order valence-electron chi connectivity index (χ4n) is 2.68. The van der Waals surface area contributed by atoms with Crippen molar-refractivity contribution in [1.82, 2.24) is 9.38 Å². The Balaban J connectivity index is 2.02. The lowest BCUT2D eigenvalue weighted by Gasteiger charge is -2.13. The van der Waals surface area contributed by atoms with Crippen LogP contribution in [0.2, 0.25) is 5.02 Å². The van der Waals surface area contributed by atoms with Gasteiger partial charge < -0.3 is 14.8 Å². The van der Waals surface area contributed by atoms with E-state index in [1.165, 1.54) is 14.2 Å². The number of nitrogens with one attached hydrogen (secondary N) is 1. The first kappa shape index (κ1) is 17.1. The van der Waals surface area contributed by atoms with E-state index in [-0.39, 0.29) is 5.91 Å². The molecule has 7 heteroatoms. The van der Waals surface area contributed by atoms with Gasteiger partial charge in [0.1, 0.15) is 22.8 Å². The monoisotopic (exact) mass is 359 g/mol. The molecule has 3 rings (SSSR count). The molecule has 0 radical (unpaired) electrons. The zero-order valence-electron chi connectivity index (χ0n) is 14.4. The number of fused-ring (bicyclic) bond motifs is 1. The number of rotatable bonds is 4. The van der Waals surface area contributed by atoms with Gasteiger partial charge in [0.05, 0.1) is 30.6 Å². The van der Waals surface area contributed by atoms with Crippen molar-refractivity contribution in [2.24, 2.45) is 0 Å². The molecule has 0 unspecified atom stereocenters. The number of amides is 1. The Morgan fingerprint density at radius 2 is 1.88 bits per heavy atom. The van der Waals surface area contributed by atoms with Crippen molar-refractivity contribution in [3.8, 4) is 11.5 Å². The summed E-state index contributed by atoms with van der Waals surface area (Å²) < 4.78 is 12.3. The van der Waals surface area contributed by atoms with E-state index in [1.807, 2.05) is 25.3 Å². The SMILES string of the molecule is COc1cc(NC(=O)c2c(C)nc3cc(C)ccn23)c(OC)cc1Cl. The van der Waals surface area contributed by atoms with Crippen LogP contribution in [0.1, 0.15) is 21.7 Å². The number of ether oxygens (including phenoxy) is 2. The molecule has 25 heavy (non-hydrogen) atoms. The molecule has 130 valence electrons. The Labute approximate surface area is 150 Å². The Morgan fingerprint density at radius 1 is 1.16 bits per heavy atom. The number of hydrogen-bond donors (Lipinski definition) is 1. The highest BCUT2D eigenvalue weighted by molar-refractivity contribution is 6.32. The first-order valence-corrected chi connectivity index (χ1v) is 8.00. The van der Waals surface area contributed by atoms with Crippen molar-refractivity contribution in [2.45, 2.75) is 13.8 Å². The maximum absolute atomic E-state index is 12.8. The molecule has 2 heterocycles. The lowest BCUT2D eigenvalue weighted by molar-refractivity contribution is 0.102. The average molecular weight is 360 g/mol. The van der Waals surface area contributed by atoms with Crippen LogP contribution < -0.4 is 14.8 Å². The van der Waals surface area contributed by atoms with Crippen LogP contribution in [-0.2, 0) is 0 Å². The van der Waals surface area contributed by atoms with Crippen LogP contribution in [0.4, 0.5) is 5.69 Å². The standard InChI is InChI=1S/C18H18ClN3O3/c1-10-5-6-22-16(7-10)20-11(2)17(22)18(23)21-13-9-14(24-3)12(19)8-15(13)25-4/h5-9H,1-4H3,(H,21,23). The van der Waals surface area contributed by atoms with Gasteiger partial charge in [0, 0.05) is 18.3 Å². The maximum Gasteiger partial charge on any atom is 0.274 e. The molecule has 0 bridgehead atoms. The fraction of sp³-hybridized carbons (Fsp3) is 0.222. The summed E-state index contributed by atoms with van der Waals surface area (Å²) in [4.78, 5) is 17.3. The minimum absolute atomic E-state index is 0.295. The first-order valence-electron chi connectivity index (χ1n) is 7.62. The second-order valence-corrected chi connectivity index (χ2v) is 6.03. The summed E-state index contributed by atoms with van der Waals surface area (Å²) in [6.45, 7) is 3.78. The number of aryl methyl sites for hydroxylation is 2. The molecule has 1 N–H and O–H groups in total. The van der Waals surface area contributed by atoms with Gasteiger partial charge in [0.15, 0.2) is 0 Å². The van der Waals surface area contributed by atoms with Crippen LogP contribution in [-0.4, -0.2) is 29.5 Å². The maximum atomic E-state index is 12.8. The van der Waals surface area contributed by atoms with E-state index in [0.29, 0.717) is 33.6 Å². The molecule has 2 aromatic heterocycles. The van der Waals surface area contributed by atoms with E-state index < -0.39 is 0 Å². The van der Waals surface area contributed by atoms with Crippen LogP contribution in [0.25, 0.3) is 5.65 Å². The highest BCUT2D eigenvalue weighted by Gasteiger charge is 2.19. The third-order valence-corrected chi connectivity index (χ3v) is 4.19. The number of nitrogens with zero attached hydrogens (tertiary/aromatic N) is 2. The first-order chi connectivity index (χ1) is 11.9. The zero-order valence-corrected chi connectivity index (χ0v) is 15.1. The molecule has 0 saturated carbocycles. The molecule has 0 saturated heterocycles. The van der Waals surface area contributed by atoms with Gasteiger partial charge in [-0.3, -0.25) is 9.20 Å². The summed E-state index contributed by atoms with van der Waals surface area (Å²) in [6, 6.07) is 7.08. The average Bonchev–Trinajstić information content (AvgIpc) is 2.90. The molecule has 0 fully saturated rings. The molecule has 0 aliphatic rings. The third kappa shape index (κ3) is 3.13. The van der Waals surface area contributed by atoms with Gasteiger partial charge in [-0.1, -0.05) is 11.6 Å². The molecular weight excluding hydrogens is 342 g/mol. The van der Waals surface area contributed by atoms with Crippen molar-refractivity contribution < 1.29 is 14.3 Å². The van der Waals surface area contributed by atoms with Gasteiger partial charge in [0.25, 0.3) is 5.91 Å². The number of halogens is 1. The topological polar surface area (TPSA) is 64.9 Å². The van der Waals surface area contributed by atoms with E-state index in [2.05, 4.69) is 10.3 Å². The number of methoxy groups -OCH3 is 2. The Hall–Kier alpha value is -2.73. The number of pyridine rings is 1. The van der Waals surface area contributed by atoms with Gasteiger partial charge in [-0.15, -0.1) is 0 Å². The highest BCUT2D eigenvalue weighted by Crippen LogP contribution is 2.36. The number of benzene rings is 1. The van der Waals surface area contributed by atoms with Crippen LogP contribution in [0.3, 0.4) is 0 Å². The summed E-state index contributed by atoms with van der Waals surface area (Å²) in [6.07, 6.45) is 1.83. The summed E-state index contributed by atoms with van der Waals surface area (Å²) >= 11 is 6.10. The number of anilines is 1. The third-order valence-electron chi connectivity index (χ3n) is 3.89. The van der Waals surface area contributed by atoms with Gasteiger partial charge in [-0.05, 0) is 31.5 Å². The van der Waals surface area contributed by atoms with E-state index in [1.54, 1.807) is 23.5 Å². The summed E-state index contributed by atoms with van der Waals surface area (Å²) in [5.74, 6) is 0.598. The van der Waals surface area contributed by atoms with Gasteiger partial charge in [-0.25, -0.2) is 4.98 Å². The number of carbonyl (C=O) groups excluding carboxylic acids is 1. The zero-order chi connectivity index (χ0) is 18.1. The van der Waals surface area contributed by atoms with Gasteiger partial charge in [0.2, 0.25) is 0 Å². The second-order valence-electron chi connectivity index (χ2n) is 5.62. The summed E-state index contributed by atoms with van der Waals surface area (Å²) in [5, 5.41) is 3.25. The quantitative estimate of drug-likeness (QED) is 0.767. The van der Waals surface area contributed by atoms with Gasteiger partial charge in [-0.2, -0.15) is 0 Å². The van der Waals surface area contributed by atoms with E-state index in [0.717, 1.165) is 11.2 Å². The van der Waals surface area contributed by atoms with Crippen LogP contribution in [0, 0.1) is 13.8 Å². The van der Waals surface area contributed by atoms with Gasteiger partial charge >= 0.3 is 0 Å². The molecule has 3 aromatic rings. The molecule has 6 nitrogen and oxygen atoms in total. The Kier molecular flexibility index (Phi) is 4.55.